The van der Waals surface area contributed by atoms with E-state index < -0.39 is 7.25 Å². The summed E-state index contributed by atoms with van der Waals surface area (Å²) in [5.74, 6) is 2.47. The molecule has 0 spiro atoms. The summed E-state index contributed by atoms with van der Waals surface area (Å²) in [5.41, 5.74) is 7.73. The minimum absolute atomic E-state index is 0.529. The van der Waals surface area contributed by atoms with Crippen LogP contribution >= 0.6 is 11.8 Å². The smallest absolute Gasteiger partial charge is 0.418 e. The quantitative estimate of drug-likeness (QED) is 0.156. The summed E-state index contributed by atoms with van der Waals surface area (Å²) in [6.07, 6.45) is 2.44. The van der Waals surface area contributed by atoms with Crippen molar-refractivity contribution in [3.63, 3.8) is 0 Å². The third-order valence-corrected chi connectivity index (χ3v) is 6.95. The second kappa shape index (κ2) is 11.6. The molecule has 0 N–H and O–H groups in total. The first-order valence-electron chi connectivity index (χ1n) is 11.6. The Hall–Kier alpha value is -3.06. The lowest BCUT2D eigenvalue weighted by atomic mass is 9.97. The summed E-state index contributed by atoms with van der Waals surface area (Å²) < 4.78 is 41.6. The lowest BCUT2D eigenvalue weighted by molar-refractivity contribution is -0.703. The molecule has 35 heavy (non-hydrogen) atoms. The average molecular weight is 495 g/mol. The predicted octanol–water partition coefficient (Wildman–Crippen LogP) is 8.34. The Bertz CT molecular complexity index is 1150. The van der Waals surface area contributed by atoms with Crippen LogP contribution in [-0.2, 0) is 0 Å². The monoisotopic (exact) mass is 495 g/mol. The highest BCUT2D eigenvalue weighted by Gasteiger charge is 2.31. The number of benzene rings is 3. The van der Waals surface area contributed by atoms with Gasteiger partial charge in [0.2, 0.25) is 11.4 Å². The summed E-state index contributed by atoms with van der Waals surface area (Å²) in [6.45, 7) is 0. The fraction of sp³-hybridized carbons (Fsp3) is 0.179. The molecule has 0 aliphatic carbocycles. The average Bonchev–Trinajstić information content (AvgIpc) is 2.89. The van der Waals surface area contributed by atoms with Gasteiger partial charge in [-0.25, -0.2) is 0 Å². The van der Waals surface area contributed by atoms with Gasteiger partial charge in [-0.2, -0.15) is 16.3 Å². The fourth-order valence-electron chi connectivity index (χ4n) is 4.40. The van der Waals surface area contributed by atoms with E-state index in [2.05, 4.69) is 119 Å². The molecule has 180 valence electrons. The van der Waals surface area contributed by atoms with Crippen LogP contribution in [0, 0.1) is 0 Å². The van der Waals surface area contributed by atoms with Gasteiger partial charge in [0.15, 0.2) is 6.04 Å². The molecule has 3 aromatic carbocycles. The van der Waals surface area contributed by atoms with Gasteiger partial charge in [-0.3, -0.25) is 0 Å². The van der Waals surface area contributed by atoms with Crippen LogP contribution in [-0.4, -0.2) is 18.8 Å². The van der Waals surface area contributed by atoms with Crippen LogP contribution in [0.3, 0.4) is 0 Å². The second-order valence-electron chi connectivity index (χ2n) is 8.32. The van der Waals surface area contributed by atoms with Gasteiger partial charge in [0.25, 0.3) is 0 Å². The third kappa shape index (κ3) is 6.98. The van der Waals surface area contributed by atoms with Gasteiger partial charge in [0.05, 0.1) is 0 Å². The summed E-state index contributed by atoms with van der Waals surface area (Å²) >= 11 is 2.08. The molecule has 1 aliphatic heterocycles. The van der Waals surface area contributed by atoms with E-state index >= 15 is 0 Å². The topological polar surface area (TPSA) is 3.88 Å². The van der Waals surface area contributed by atoms with Gasteiger partial charge in [0, 0.05) is 36.1 Å². The first kappa shape index (κ1) is 25.1. The minimum atomic E-state index is -6.00. The van der Waals surface area contributed by atoms with Crippen LogP contribution in [0.2, 0.25) is 0 Å². The number of hydrogen-bond donors (Lipinski definition) is 0. The highest BCUT2D eigenvalue weighted by atomic mass is 32.2. The number of aromatic nitrogens is 1. The molecular weight excluding hydrogens is 469 g/mol. The highest BCUT2D eigenvalue weighted by Crippen LogP contribution is 2.33. The van der Waals surface area contributed by atoms with Crippen molar-refractivity contribution in [2.75, 3.05) is 11.5 Å². The molecule has 0 saturated carbocycles. The molecule has 1 fully saturated rings. The van der Waals surface area contributed by atoms with E-state index in [1.165, 1.54) is 58.0 Å². The molecule has 7 heteroatoms. The maximum Gasteiger partial charge on any atom is 0.673 e. The largest absolute Gasteiger partial charge is 0.673 e. The van der Waals surface area contributed by atoms with Gasteiger partial charge in [-0.05, 0) is 46.9 Å². The Labute approximate surface area is 207 Å². The van der Waals surface area contributed by atoms with Crippen molar-refractivity contribution in [3.8, 4) is 33.6 Å². The number of nitrogens with zero attached hydrogens (tertiary/aromatic N) is 1. The highest BCUT2D eigenvalue weighted by molar-refractivity contribution is 7.99. The molecule has 1 aliphatic rings. The molecule has 2 heterocycles. The fourth-order valence-corrected chi connectivity index (χ4v) is 5.48. The Balaban J connectivity index is 0.000000527. The van der Waals surface area contributed by atoms with Gasteiger partial charge in [-0.1, -0.05) is 66.7 Å². The molecule has 0 amide bonds. The Kier molecular flexibility index (Phi) is 8.29. The van der Waals surface area contributed by atoms with Crippen molar-refractivity contribution in [1.82, 2.24) is 0 Å². The Morgan fingerprint density at radius 2 is 0.943 bits per heavy atom. The first-order chi connectivity index (χ1) is 16.9. The SMILES string of the molecule is F[B-](F)(F)F.c1ccc(-c2cc(-c3ccccc3)[n+](C3CCSCC3)c(-c3ccccc3)c2)cc1. The summed E-state index contributed by atoms with van der Waals surface area (Å²) in [5, 5.41) is 0. The third-order valence-electron chi connectivity index (χ3n) is 5.91. The lowest BCUT2D eigenvalue weighted by Gasteiger charge is -2.22. The molecule has 1 nitrogen and oxygen atoms in total. The molecule has 0 bridgehead atoms. The van der Waals surface area contributed by atoms with Gasteiger partial charge in [0.1, 0.15) is 0 Å². The van der Waals surface area contributed by atoms with E-state index in [1.807, 2.05) is 0 Å². The molecule has 1 saturated heterocycles. The Morgan fingerprint density at radius 3 is 1.34 bits per heavy atom. The van der Waals surface area contributed by atoms with E-state index in [9.17, 15) is 17.3 Å². The molecular formula is C28H26BF4NS. The second-order valence-corrected chi connectivity index (χ2v) is 9.55. The lowest BCUT2D eigenvalue weighted by Crippen LogP contribution is -2.45. The summed E-state index contributed by atoms with van der Waals surface area (Å²) in [7, 11) is -6.00. The zero-order valence-electron chi connectivity index (χ0n) is 19.2. The molecule has 0 unspecified atom stereocenters. The van der Waals surface area contributed by atoms with Gasteiger partial charge < -0.3 is 17.3 Å². The number of halogens is 4. The number of rotatable bonds is 4. The van der Waals surface area contributed by atoms with Crippen molar-refractivity contribution < 1.29 is 21.8 Å². The number of thioether (sulfide) groups is 1. The molecule has 4 aromatic rings. The number of hydrogen-bond acceptors (Lipinski definition) is 1. The van der Waals surface area contributed by atoms with Crippen LogP contribution in [0.25, 0.3) is 33.6 Å². The summed E-state index contributed by atoms with van der Waals surface area (Å²) in [6, 6.07) is 37.8. The summed E-state index contributed by atoms with van der Waals surface area (Å²) in [4.78, 5) is 0. The van der Waals surface area contributed by atoms with Crippen LogP contribution < -0.4 is 4.57 Å². The van der Waals surface area contributed by atoms with Crippen LogP contribution in [0.15, 0.2) is 103 Å². The predicted molar refractivity (Wildman–Crippen MR) is 139 cm³/mol. The van der Waals surface area contributed by atoms with Gasteiger partial charge in [-0.15, -0.1) is 0 Å². The van der Waals surface area contributed by atoms with Crippen molar-refractivity contribution in [2.45, 2.75) is 18.9 Å². The van der Waals surface area contributed by atoms with E-state index in [0.717, 1.165) is 0 Å². The van der Waals surface area contributed by atoms with E-state index in [0.29, 0.717) is 6.04 Å². The molecule has 0 radical (unpaired) electrons. The van der Waals surface area contributed by atoms with E-state index in [4.69, 9.17) is 0 Å². The molecule has 1 aromatic heterocycles. The van der Waals surface area contributed by atoms with Crippen molar-refractivity contribution in [2.24, 2.45) is 0 Å². The molecule has 5 rings (SSSR count). The normalized spacial score (nSPS) is 14.2. The maximum absolute atomic E-state index is 9.75. The van der Waals surface area contributed by atoms with Crippen LogP contribution in [0.5, 0.6) is 0 Å². The number of pyridine rings is 1. The van der Waals surface area contributed by atoms with Crippen molar-refractivity contribution >= 4 is 19.0 Å². The van der Waals surface area contributed by atoms with Crippen LogP contribution in [0.1, 0.15) is 18.9 Å². The van der Waals surface area contributed by atoms with Gasteiger partial charge >= 0.3 is 7.25 Å². The van der Waals surface area contributed by atoms with Crippen molar-refractivity contribution in [1.29, 1.82) is 0 Å². The van der Waals surface area contributed by atoms with E-state index in [-0.39, 0.29) is 0 Å². The Morgan fingerprint density at radius 1 is 0.571 bits per heavy atom. The zero-order valence-corrected chi connectivity index (χ0v) is 20.0. The standard InChI is InChI=1S/C28H26NS.BF4/c1-4-10-22(11-5-1)25-20-27(23-12-6-2-7-13-23)29(26-16-18-30-19-17-26)28(21-25)24-14-8-3-9-15-24;2-1(3,4)5/h1-15,20-21,26H,16-19H2;/q+1;-1. The first-order valence-corrected chi connectivity index (χ1v) is 12.8. The van der Waals surface area contributed by atoms with Crippen LogP contribution in [0.4, 0.5) is 17.3 Å². The minimum Gasteiger partial charge on any atom is -0.418 e. The van der Waals surface area contributed by atoms with E-state index in [1.54, 1.807) is 0 Å². The zero-order chi connectivity index (χ0) is 24.7. The maximum atomic E-state index is 9.75. The molecule has 0 atom stereocenters. The van der Waals surface area contributed by atoms with Crippen molar-refractivity contribution in [3.05, 3.63) is 103 Å².